The largest absolute Gasteiger partial charge is 0.301 e. The summed E-state index contributed by atoms with van der Waals surface area (Å²) in [5, 5.41) is 7.66. The molecule has 0 saturated heterocycles. The summed E-state index contributed by atoms with van der Waals surface area (Å²) in [6.07, 6.45) is 5.16. The lowest BCUT2D eigenvalue weighted by atomic mass is 10.1. The molecule has 0 aromatic heterocycles. The Hall–Kier alpha value is -0.570. The van der Waals surface area contributed by atoms with Crippen molar-refractivity contribution in [3.05, 3.63) is 0 Å². The first-order valence-electron chi connectivity index (χ1n) is 3.50. The van der Waals surface area contributed by atoms with Crippen LogP contribution in [0.1, 0.15) is 13.8 Å². The van der Waals surface area contributed by atoms with Crippen LogP contribution in [0.15, 0.2) is 0 Å². The zero-order valence-corrected chi connectivity index (χ0v) is 8.11. The molecule has 0 atom stereocenters. The van der Waals surface area contributed by atoms with Crippen molar-refractivity contribution in [1.29, 1.82) is 0 Å². The first-order valence-corrected chi connectivity index (χ1v) is 5.22. The van der Waals surface area contributed by atoms with Crippen LogP contribution in [0.4, 0.5) is 0 Å². The second kappa shape index (κ2) is 3.90. The zero-order valence-electron chi connectivity index (χ0n) is 7.29. The highest BCUT2D eigenvalue weighted by Crippen LogP contribution is 1.97. The van der Waals surface area contributed by atoms with Gasteiger partial charge in [-0.05, 0) is 13.8 Å². The topological polar surface area (TPSA) is 72.2 Å². The first kappa shape index (κ1) is 11.4. The van der Waals surface area contributed by atoms with Crippen LogP contribution in [-0.4, -0.2) is 26.3 Å². The minimum absolute atomic E-state index is 0.0991. The fourth-order valence-electron chi connectivity index (χ4n) is 0.557. The van der Waals surface area contributed by atoms with Gasteiger partial charge in [-0.2, -0.15) is 0 Å². The van der Waals surface area contributed by atoms with E-state index in [4.69, 9.17) is 11.6 Å². The van der Waals surface area contributed by atoms with E-state index in [2.05, 4.69) is 11.2 Å². The lowest BCUT2D eigenvalue weighted by Gasteiger charge is -2.18. The number of hydrogen-bond donors (Lipinski definition) is 2. The molecule has 0 unspecified atom stereocenters. The molecule has 0 aromatic rings. The number of nitrogens with two attached hydrogens (primary N) is 1. The van der Waals surface area contributed by atoms with Crippen molar-refractivity contribution in [2.24, 2.45) is 5.14 Å². The highest BCUT2D eigenvalue weighted by atomic mass is 32.2. The monoisotopic (exact) mass is 190 g/mol. The standard InChI is InChI=1S/C7H14N2O2S/c1-4-7(2,3)9-5-6-12(8,10)11/h1,9H,5-6H2,2-3H3,(H2,8,10,11). The normalized spacial score (nSPS) is 12.5. The number of nitrogens with one attached hydrogen (secondary N) is 1. The molecule has 0 fully saturated rings. The van der Waals surface area contributed by atoms with Crippen molar-refractivity contribution < 1.29 is 8.42 Å². The molecule has 4 nitrogen and oxygen atoms in total. The molecular formula is C7H14N2O2S. The first-order chi connectivity index (χ1) is 5.27. The van der Waals surface area contributed by atoms with E-state index in [9.17, 15) is 8.42 Å². The van der Waals surface area contributed by atoms with Crippen molar-refractivity contribution >= 4 is 10.0 Å². The van der Waals surface area contributed by atoms with Gasteiger partial charge >= 0.3 is 0 Å². The van der Waals surface area contributed by atoms with Crippen LogP contribution >= 0.6 is 0 Å². The van der Waals surface area contributed by atoms with Crippen molar-refractivity contribution in [3.63, 3.8) is 0 Å². The molecule has 0 amide bonds. The zero-order chi connectivity index (χ0) is 9.83. The Balaban J connectivity index is 3.82. The van der Waals surface area contributed by atoms with E-state index in [0.717, 1.165) is 0 Å². The van der Waals surface area contributed by atoms with Gasteiger partial charge in [0.15, 0.2) is 0 Å². The third-order valence-corrected chi connectivity index (χ3v) is 2.09. The molecule has 0 aromatic carbocycles. The summed E-state index contributed by atoms with van der Waals surface area (Å²) in [5.41, 5.74) is -0.481. The highest BCUT2D eigenvalue weighted by molar-refractivity contribution is 7.89. The Kier molecular flexibility index (Phi) is 3.71. The van der Waals surface area contributed by atoms with E-state index in [1.807, 2.05) is 0 Å². The molecule has 3 N–H and O–H groups in total. The van der Waals surface area contributed by atoms with Crippen molar-refractivity contribution in [1.82, 2.24) is 5.32 Å². The summed E-state index contributed by atoms with van der Waals surface area (Å²) >= 11 is 0. The van der Waals surface area contributed by atoms with Gasteiger partial charge in [0.05, 0.1) is 11.3 Å². The van der Waals surface area contributed by atoms with Crippen molar-refractivity contribution in [2.75, 3.05) is 12.3 Å². The molecule has 0 radical (unpaired) electrons. The number of primary sulfonamides is 1. The van der Waals surface area contributed by atoms with Crippen LogP contribution in [0.2, 0.25) is 0 Å². The number of sulfonamides is 1. The van der Waals surface area contributed by atoms with E-state index >= 15 is 0 Å². The maximum absolute atomic E-state index is 10.5. The third kappa shape index (κ3) is 6.16. The second-order valence-corrected chi connectivity index (χ2v) is 4.80. The number of rotatable bonds is 4. The summed E-state index contributed by atoms with van der Waals surface area (Å²) in [6.45, 7) is 3.85. The van der Waals surface area contributed by atoms with E-state index in [-0.39, 0.29) is 12.3 Å². The Morgan fingerprint density at radius 1 is 1.58 bits per heavy atom. The molecule has 0 aliphatic carbocycles. The van der Waals surface area contributed by atoms with Crippen molar-refractivity contribution in [2.45, 2.75) is 19.4 Å². The second-order valence-electron chi connectivity index (χ2n) is 3.06. The highest BCUT2D eigenvalue weighted by Gasteiger charge is 2.13. The van der Waals surface area contributed by atoms with Crippen LogP contribution in [0, 0.1) is 12.3 Å². The smallest absolute Gasteiger partial charge is 0.210 e. The number of hydrogen-bond acceptors (Lipinski definition) is 3. The van der Waals surface area contributed by atoms with Gasteiger partial charge in [-0.25, -0.2) is 13.6 Å². The van der Waals surface area contributed by atoms with E-state index in [1.165, 1.54) is 0 Å². The van der Waals surface area contributed by atoms with Gasteiger partial charge in [0.2, 0.25) is 10.0 Å². The molecule has 0 aliphatic rings. The Morgan fingerprint density at radius 3 is 2.42 bits per heavy atom. The van der Waals surface area contributed by atoms with Crippen LogP contribution in [0.25, 0.3) is 0 Å². The van der Waals surface area contributed by atoms with Gasteiger partial charge < -0.3 is 5.32 Å². The summed E-state index contributed by atoms with van der Waals surface area (Å²) in [7, 11) is -3.39. The Morgan fingerprint density at radius 2 is 2.08 bits per heavy atom. The lowest BCUT2D eigenvalue weighted by Crippen LogP contribution is -2.41. The Labute approximate surface area is 73.6 Å². The molecule has 0 bridgehead atoms. The lowest BCUT2D eigenvalue weighted by molar-refractivity contribution is 0.506. The quantitative estimate of drug-likeness (QED) is 0.574. The van der Waals surface area contributed by atoms with Crippen LogP contribution in [0.3, 0.4) is 0 Å². The summed E-state index contributed by atoms with van der Waals surface area (Å²) in [6, 6.07) is 0. The average molecular weight is 190 g/mol. The summed E-state index contributed by atoms with van der Waals surface area (Å²) in [4.78, 5) is 0. The van der Waals surface area contributed by atoms with Crippen molar-refractivity contribution in [3.8, 4) is 12.3 Å². The maximum atomic E-state index is 10.5. The van der Waals surface area contributed by atoms with Gasteiger partial charge in [0.25, 0.3) is 0 Å². The molecule has 0 spiro atoms. The number of terminal acetylenes is 1. The summed E-state index contributed by atoms with van der Waals surface area (Å²) in [5.74, 6) is 2.38. The van der Waals surface area contributed by atoms with E-state index in [0.29, 0.717) is 0 Å². The predicted molar refractivity (Wildman–Crippen MR) is 48.9 cm³/mol. The molecule has 0 saturated carbocycles. The average Bonchev–Trinajstić information content (AvgIpc) is 1.84. The molecular weight excluding hydrogens is 176 g/mol. The van der Waals surface area contributed by atoms with Crippen LogP contribution < -0.4 is 10.5 Å². The van der Waals surface area contributed by atoms with Crippen LogP contribution in [-0.2, 0) is 10.0 Å². The fourth-order valence-corrected chi connectivity index (χ4v) is 0.943. The van der Waals surface area contributed by atoms with E-state index < -0.39 is 15.6 Å². The van der Waals surface area contributed by atoms with Gasteiger partial charge in [0, 0.05) is 6.54 Å². The maximum Gasteiger partial charge on any atom is 0.210 e. The molecule has 0 heterocycles. The summed E-state index contributed by atoms with van der Waals surface area (Å²) < 4.78 is 21.0. The van der Waals surface area contributed by atoms with Gasteiger partial charge in [0.1, 0.15) is 0 Å². The molecule has 0 aliphatic heterocycles. The molecule has 0 rings (SSSR count). The van der Waals surface area contributed by atoms with Crippen LogP contribution in [0.5, 0.6) is 0 Å². The SMILES string of the molecule is C#CC(C)(C)NCCS(N)(=O)=O. The predicted octanol–water partition coefficient (Wildman–Crippen LogP) is -0.724. The van der Waals surface area contributed by atoms with Gasteiger partial charge in [-0.15, -0.1) is 6.42 Å². The minimum atomic E-state index is -3.39. The molecule has 70 valence electrons. The molecule has 12 heavy (non-hydrogen) atoms. The fraction of sp³-hybridized carbons (Fsp3) is 0.714. The van der Waals surface area contributed by atoms with Gasteiger partial charge in [-0.1, -0.05) is 5.92 Å². The molecule has 5 heteroatoms. The van der Waals surface area contributed by atoms with Gasteiger partial charge in [-0.3, -0.25) is 0 Å². The third-order valence-electron chi connectivity index (χ3n) is 1.31. The minimum Gasteiger partial charge on any atom is -0.301 e. The van der Waals surface area contributed by atoms with E-state index in [1.54, 1.807) is 13.8 Å². The Bertz CT molecular complexity index is 274.